The van der Waals surface area contributed by atoms with Crippen LogP contribution in [0.3, 0.4) is 0 Å². The molecule has 1 aromatic carbocycles. The molecule has 4 nitrogen and oxygen atoms in total. The van der Waals surface area contributed by atoms with Gasteiger partial charge in [-0.3, -0.25) is 0 Å². The molecule has 2 aromatic heterocycles. The molecule has 0 amide bonds. The third kappa shape index (κ3) is 1.37. The van der Waals surface area contributed by atoms with Crippen LogP contribution >= 0.6 is 11.5 Å². The van der Waals surface area contributed by atoms with Crippen LogP contribution < -0.4 is 0 Å². The number of fused-ring (bicyclic) bond motifs is 1. The van der Waals surface area contributed by atoms with Crippen molar-refractivity contribution < 1.29 is 0 Å². The van der Waals surface area contributed by atoms with Gasteiger partial charge in [-0.05, 0) is 11.5 Å². The van der Waals surface area contributed by atoms with E-state index in [-0.39, 0.29) is 0 Å². The number of rotatable bonds is 1. The molecule has 0 saturated carbocycles. The van der Waals surface area contributed by atoms with Crippen LogP contribution in [-0.4, -0.2) is 19.8 Å². The van der Waals surface area contributed by atoms with Gasteiger partial charge < -0.3 is 0 Å². The largest absolute Gasteiger partial charge is 0.157 e. The average molecular weight is 214 g/mol. The summed E-state index contributed by atoms with van der Waals surface area (Å²) < 4.78 is 4.86. The molecule has 0 N–H and O–H groups in total. The van der Waals surface area contributed by atoms with E-state index in [1.807, 2.05) is 30.3 Å². The molecule has 3 rings (SSSR count). The van der Waals surface area contributed by atoms with E-state index < -0.39 is 0 Å². The predicted molar refractivity (Wildman–Crippen MR) is 58.4 cm³/mol. The van der Waals surface area contributed by atoms with Gasteiger partial charge in [-0.1, -0.05) is 34.8 Å². The van der Waals surface area contributed by atoms with Crippen molar-refractivity contribution in [3.05, 3.63) is 36.5 Å². The first-order valence-corrected chi connectivity index (χ1v) is 5.21. The molecule has 72 valence electrons. The number of aromatic nitrogens is 4. The standard InChI is InChI=1S/C10H6N4S/c1-2-4-7(5-3-1)9-10-8(6-11-12-9)15-14-13-10/h1-6H. The summed E-state index contributed by atoms with van der Waals surface area (Å²) in [6.07, 6.45) is 1.69. The predicted octanol–water partition coefficient (Wildman–Crippen LogP) is 2.15. The zero-order valence-electron chi connectivity index (χ0n) is 7.66. The fraction of sp³-hybridized carbons (Fsp3) is 0. The van der Waals surface area contributed by atoms with E-state index in [9.17, 15) is 0 Å². The summed E-state index contributed by atoms with van der Waals surface area (Å²) in [4.78, 5) is 0. The van der Waals surface area contributed by atoms with Crippen molar-refractivity contribution in [2.75, 3.05) is 0 Å². The van der Waals surface area contributed by atoms with Crippen LogP contribution in [0.2, 0.25) is 0 Å². The molecule has 0 atom stereocenters. The molecule has 0 unspecified atom stereocenters. The summed E-state index contributed by atoms with van der Waals surface area (Å²) in [7, 11) is 0. The van der Waals surface area contributed by atoms with Gasteiger partial charge in [0, 0.05) is 5.56 Å². The van der Waals surface area contributed by atoms with Gasteiger partial charge in [0.05, 0.1) is 10.9 Å². The van der Waals surface area contributed by atoms with Crippen LogP contribution in [-0.2, 0) is 0 Å². The quantitative estimate of drug-likeness (QED) is 0.622. The molecule has 0 fully saturated rings. The Morgan fingerprint density at radius 1 is 1.00 bits per heavy atom. The van der Waals surface area contributed by atoms with Gasteiger partial charge in [-0.25, -0.2) is 0 Å². The molecule has 5 heteroatoms. The fourth-order valence-corrected chi connectivity index (χ4v) is 1.95. The van der Waals surface area contributed by atoms with Gasteiger partial charge in [0.2, 0.25) is 0 Å². The minimum Gasteiger partial charge on any atom is -0.157 e. The maximum atomic E-state index is 4.10. The third-order valence-corrected chi connectivity index (χ3v) is 2.78. The highest BCUT2D eigenvalue weighted by atomic mass is 32.1. The Kier molecular flexibility index (Phi) is 1.89. The number of benzene rings is 1. The van der Waals surface area contributed by atoms with Crippen LogP contribution in [0.25, 0.3) is 21.5 Å². The maximum Gasteiger partial charge on any atom is 0.135 e. The summed E-state index contributed by atoms with van der Waals surface area (Å²) in [6, 6.07) is 9.88. The van der Waals surface area contributed by atoms with Gasteiger partial charge in [0.25, 0.3) is 0 Å². The highest BCUT2D eigenvalue weighted by Gasteiger charge is 2.08. The van der Waals surface area contributed by atoms with Gasteiger partial charge in [0.1, 0.15) is 11.2 Å². The first-order chi connectivity index (χ1) is 7.45. The van der Waals surface area contributed by atoms with Crippen molar-refractivity contribution in [1.82, 2.24) is 19.8 Å². The molecule has 0 bridgehead atoms. The first kappa shape index (κ1) is 8.43. The van der Waals surface area contributed by atoms with Crippen molar-refractivity contribution in [2.24, 2.45) is 0 Å². The Labute approximate surface area is 89.8 Å². The Morgan fingerprint density at radius 3 is 2.73 bits per heavy atom. The van der Waals surface area contributed by atoms with Crippen LogP contribution in [0.1, 0.15) is 0 Å². The number of nitrogens with zero attached hydrogens (tertiary/aromatic N) is 4. The smallest absolute Gasteiger partial charge is 0.135 e. The SMILES string of the molecule is c1ccc(-c2nncc3snnc23)cc1. The normalized spacial score (nSPS) is 10.7. The Hall–Kier alpha value is -1.88. The van der Waals surface area contributed by atoms with E-state index in [2.05, 4.69) is 19.8 Å². The molecule has 0 aliphatic rings. The van der Waals surface area contributed by atoms with Crippen LogP contribution in [0.15, 0.2) is 36.5 Å². The second-order valence-electron chi connectivity index (χ2n) is 3.04. The second kappa shape index (κ2) is 3.36. The third-order valence-electron chi connectivity index (χ3n) is 2.12. The van der Waals surface area contributed by atoms with E-state index >= 15 is 0 Å². The summed E-state index contributed by atoms with van der Waals surface area (Å²) in [5.41, 5.74) is 2.63. The maximum absolute atomic E-state index is 4.10. The Morgan fingerprint density at radius 2 is 1.87 bits per heavy atom. The number of hydrogen-bond donors (Lipinski definition) is 0. The highest BCUT2D eigenvalue weighted by molar-refractivity contribution is 7.12. The molecule has 0 spiro atoms. The summed E-state index contributed by atoms with van der Waals surface area (Å²) in [5, 5.41) is 12.1. The molecule has 0 aliphatic heterocycles. The van der Waals surface area contributed by atoms with Crippen molar-refractivity contribution in [2.45, 2.75) is 0 Å². The summed E-state index contributed by atoms with van der Waals surface area (Å²) in [5.74, 6) is 0. The van der Waals surface area contributed by atoms with Gasteiger partial charge in [-0.15, -0.1) is 10.2 Å². The summed E-state index contributed by atoms with van der Waals surface area (Å²) in [6.45, 7) is 0. The topological polar surface area (TPSA) is 51.6 Å². The minimum absolute atomic E-state index is 0.793. The fourth-order valence-electron chi connectivity index (χ4n) is 1.42. The lowest BCUT2D eigenvalue weighted by Crippen LogP contribution is -1.88. The van der Waals surface area contributed by atoms with Crippen LogP contribution in [0, 0.1) is 0 Å². The molecule has 0 radical (unpaired) electrons. The lowest BCUT2D eigenvalue weighted by molar-refractivity contribution is 1.05. The lowest BCUT2D eigenvalue weighted by atomic mass is 10.1. The lowest BCUT2D eigenvalue weighted by Gasteiger charge is -1.98. The molecular weight excluding hydrogens is 208 g/mol. The van der Waals surface area contributed by atoms with Crippen molar-refractivity contribution in [1.29, 1.82) is 0 Å². The van der Waals surface area contributed by atoms with Gasteiger partial charge in [0.15, 0.2) is 0 Å². The zero-order valence-corrected chi connectivity index (χ0v) is 8.48. The van der Waals surface area contributed by atoms with E-state index in [4.69, 9.17) is 0 Å². The van der Waals surface area contributed by atoms with Crippen LogP contribution in [0.4, 0.5) is 0 Å². The number of hydrogen-bond acceptors (Lipinski definition) is 5. The van der Waals surface area contributed by atoms with E-state index in [1.54, 1.807) is 6.20 Å². The molecule has 3 aromatic rings. The monoisotopic (exact) mass is 214 g/mol. The van der Waals surface area contributed by atoms with Gasteiger partial charge >= 0.3 is 0 Å². The Bertz CT molecular complexity index is 590. The molecule has 0 saturated heterocycles. The van der Waals surface area contributed by atoms with E-state index in [0.29, 0.717) is 0 Å². The van der Waals surface area contributed by atoms with Crippen molar-refractivity contribution >= 4 is 21.7 Å². The second-order valence-corrected chi connectivity index (χ2v) is 3.83. The summed E-state index contributed by atoms with van der Waals surface area (Å²) >= 11 is 1.33. The highest BCUT2D eigenvalue weighted by Crippen LogP contribution is 2.24. The van der Waals surface area contributed by atoms with Gasteiger partial charge in [-0.2, -0.15) is 5.10 Å². The first-order valence-electron chi connectivity index (χ1n) is 4.44. The van der Waals surface area contributed by atoms with Crippen molar-refractivity contribution in [3.8, 4) is 11.3 Å². The zero-order chi connectivity index (χ0) is 10.1. The minimum atomic E-state index is 0.793. The Balaban J connectivity index is 2.31. The van der Waals surface area contributed by atoms with Crippen molar-refractivity contribution in [3.63, 3.8) is 0 Å². The average Bonchev–Trinajstić information content (AvgIpc) is 2.78. The molecular formula is C10H6N4S. The molecule has 2 heterocycles. The molecule has 0 aliphatic carbocycles. The van der Waals surface area contributed by atoms with E-state index in [0.717, 1.165) is 21.5 Å². The van der Waals surface area contributed by atoms with Crippen LogP contribution in [0.5, 0.6) is 0 Å². The van der Waals surface area contributed by atoms with E-state index in [1.165, 1.54) is 11.5 Å². The molecule has 15 heavy (non-hydrogen) atoms.